The molecule has 0 N–H and O–H groups in total. The van der Waals surface area contributed by atoms with Gasteiger partial charge in [-0.25, -0.2) is 0 Å². The molecule has 4 heteroatoms. The first kappa shape index (κ1) is 17.5. The lowest BCUT2D eigenvalue weighted by atomic mass is 9.98. The Morgan fingerprint density at radius 2 is 1.43 bits per heavy atom. The van der Waals surface area contributed by atoms with Gasteiger partial charge < -0.3 is 9.80 Å². The van der Waals surface area contributed by atoms with Crippen LogP contribution in [0.5, 0.6) is 0 Å². The molecule has 4 nitrogen and oxygen atoms in total. The Bertz CT molecular complexity index is 600. The van der Waals surface area contributed by atoms with Gasteiger partial charge in [0.1, 0.15) is 0 Å². The quantitative estimate of drug-likeness (QED) is 0.859. The smallest absolute Gasteiger partial charge is 0.227 e. The van der Waals surface area contributed by atoms with Crippen molar-refractivity contribution in [2.45, 2.75) is 41.0 Å². The van der Waals surface area contributed by atoms with E-state index in [0.29, 0.717) is 32.6 Å². The molecular formula is C19H28N2O2. The van der Waals surface area contributed by atoms with Gasteiger partial charge in [0.15, 0.2) is 0 Å². The maximum absolute atomic E-state index is 12.5. The standard InChI is InChI=1S/C19H28N2O2/c1-13(2)19(23)21-8-6-20(7-9-21)18(22)12-17-11-15(4)14(3)10-16(17)5/h10-11,13H,6-9,12H2,1-5H3. The van der Waals surface area contributed by atoms with E-state index in [-0.39, 0.29) is 17.7 Å². The minimum atomic E-state index is 0.0236. The van der Waals surface area contributed by atoms with Crippen LogP contribution in [0.2, 0.25) is 0 Å². The average Bonchev–Trinajstić information content (AvgIpc) is 2.51. The maximum atomic E-state index is 12.5. The molecule has 0 atom stereocenters. The van der Waals surface area contributed by atoms with Gasteiger partial charge in [-0.3, -0.25) is 9.59 Å². The van der Waals surface area contributed by atoms with Crippen molar-refractivity contribution in [2.24, 2.45) is 5.92 Å². The molecule has 0 aromatic heterocycles. The van der Waals surface area contributed by atoms with Gasteiger partial charge in [-0.05, 0) is 43.0 Å². The number of nitrogens with zero attached hydrogens (tertiary/aromatic N) is 2. The molecule has 23 heavy (non-hydrogen) atoms. The van der Waals surface area contributed by atoms with Crippen molar-refractivity contribution in [3.63, 3.8) is 0 Å². The zero-order chi connectivity index (χ0) is 17.1. The molecule has 0 spiro atoms. The first-order chi connectivity index (χ1) is 10.8. The highest BCUT2D eigenvalue weighted by molar-refractivity contribution is 5.81. The second-order valence-corrected chi connectivity index (χ2v) is 6.90. The first-order valence-corrected chi connectivity index (χ1v) is 8.43. The summed E-state index contributed by atoms with van der Waals surface area (Å²) >= 11 is 0. The number of amides is 2. The monoisotopic (exact) mass is 316 g/mol. The molecule has 1 aliphatic heterocycles. The topological polar surface area (TPSA) is 40.6 Å². The lowest BCUT2D eigenvalue weighted by Crippen LogP contribution is -2.51. The molecule has 2 amide bonds. The highest BCUT2D eigenvalue weighted by atomic mass is 16.2. The number of piperazine rings is 1. The van der Waals surface area contributed by atoms with E-state index in [0.717, 1.165) is 5.56 Å². The fourth-order valence-electron chi connectivity index (χ4n) is 3.03. The van der Waals surface area contributed by atoms with E-state index in [1.54, 1.807) is 0 Å². The van der Waals surface area contributed by atoms with E-state index in [4.69, 9.17) is 0 Å². The predicted octanol–water partition coefficient (Wildman–Crippen LogP) is 2.48. The number of carbonyl (C=O) groups excluding carboxylic acids is 2. The summed E-state index contributed by atoms with van der Waals surface area (Å²) in [5, 5.41) is 0. The molecule has 0 aliphatic carbocycles. The third kappa shape index (κ3) is 4.12. The Morgan fingerprint density at radius 1 is 0.913 bits per heavy atom. The second kappa shape index (κ2) is 7.16. The van der Waals surface area contributed by atoms with Crippen LogP contribution in [0.3, 0.4) is 0 Å². The van der Waals surface area contributed by atoms with Crippen molar-refractivity contribution in [2.75, 3.05) is 26.2 Å². The van der Waals surface area contributed by atoms with Crippen LogP contribution in [0.4, 0.5) is 0 Å². The number of carbonyl (C=O) groups is 2. The number of aryl methyl sites for hydroxylation is 3. The van der Waals surface area contributed by atoms with Crippen molar-refractivity contribution in [1.29, 1.82) is 0 Å². The predicted molar refractivity (Wildman–Crippen MR) is 92.4 cm³/mol. The number of benzene rings is 1. The molecule has 1 aromatic rings. The Morgan fingerprint density at radius 3 is 2.00 bits per heavy atom. The summed E-state index contributed by atoms with van der Waals surface area (Å²) in [7, 11) is 0. The maximum Gasteiger partial charge on any atom is 0.227 e. The Kier molecular flexibility index (Phi) is 5.45. The molecule has 126 valence electrons. The van der Waals surface area contributed by atoms with E-state index in [9.17, 15) is 9.59 Å². The lowest BCUT2D eigenvalue weighted by molar-refractivity contribution is -0.141. The largest absolute Gasteiger partial charge is 0.339 e. The van der Waals surface area contributed by atoms with Crippen LogP contribution < -0.4 is 0 Å². The summed E-state index contributed by atoms with van der Waals surface area (Å²) in [4.78, 5) is 28.3. The summed E-state index contributed by atoms with van der Waals surface area (Å²) in [5.74, 6) is 0.366. The average molecular weight is 316 g/mol. The number of hydrogen-bond donors (Lipinski definition) is 0. The SMILES string of the molecule is Cc1cc(C)c(CC(=O)N2CCN(C(=O)C(C)C)CC2)cc1C. The van der Waals surface area contributed by atoms with Crippen molar-refractivity contribution in [1.82, 2.24) is 9.80 Å². The summed E-state index contributed by atoms with van der Waals surface area (Å²) < 4.78 is 0. The third-order valence-corrected chi connectivity index (χ3v) is 4.73. The molecule has 0 unspecified atom stereocenters. The van der Waals surface area contributed by atoms with Crippen LogP contribution in [0.15, 0.2) is 12.1 Å². The zero-order valence-corrected chi connectivity index (χ0v) is 15.0. The van der Waals surface area contributed by atoms with Gasteiger partial charge in [0.2, 0.25) is 11.8 Å². The van der Waals surface area contributed by atoms with Crippen LogP contribution in [0, 0.1) is 26.7 Å². The molecule has 1 saturated heterocycles. The van der Waals surface area contributed by atoms with Gasteiger partial charge in [-0.1, -0.05) is 26.0 Å². The third-order valence-electron chi connectivity index (χ3n) is 4.73. The van der Waals surface area contributed by atoms with Gasteiger partial charge in [-0.15, -0.1) is 0 Å². The minimum Gasteiger partial charge on any atom is -0.339 e. The van der Waals surface area contributed by atoms with Crippen LogP contribution in [0.1, 0.15) is 36.1 Å². The minimum absolute atomic E-state index is 0.0236. The Balaban J connectivity index is 1.96. The van der Waals surface area contributed by atoms with Gasteiger partial charge in [0.25, 0.3) is 0 Å². The molecule has 0 saturated carbocycles. The molecule has 2 rings (SSSR count). The van der Waals surface area contributed by atoms with Crippen molar-refractivity contribution < 1.29 is 9.59 Å². The van der Waals surface area contributed by atoms with E-state index < -0.39 is 0 Å². The lowest BCUT2D eigenvalue weighted by Gasteiger charge is -2.35. The molecule has 1 heterocycles. The molecular weight excluding hydrogens is 288 g/mol. The molecule has 1 aromatic carbocycles. The highest BCUT2D eigenvalue weighted by Crippen LogP contribution is 2.17. The van der Waals surface area contributed by atoms with Crippen LogP contribution in [-0.4, -0.2) is 47.8 Å². The molecule has 0 bridgehead atoms. The number of hydrogen-bond acceptors (Lipinski definition) is 2. The Hall–Kier alpha value is -1.84. The fourth-order valence-corrected chi connectivity index (χ4v) is 3.03. The van der Waals surface area contributed by atoms with E-state index in [1.807, 2.05) is 23.6 Å². The second-order valence-electron chi connectivity index (χ2n) is 6.90. The molecule has 1 fully saturated rings. The van der Waals surface area contributed by atoms with Crippen molar-refractivity contribution >= 4 is 11.8 Å². The molecule has 0 radical (unpaired) electrons. The van der Waals surface area contributed by atoms with Gasteiger partial charge in [-0.2, -0.15) is 0 Å². The summed E-state index contributed by atoms with van der Waals surface area (Å²) in [6, 6.07) is 4.28. The van der Waals surface area contributed by atoms with Gasteiger partial charge in [0.05, 0.1) is 6.42 Å². The van der Waals surface area contributed by atoms with Crippen molar-refractivity contribution in [3.05, 3.63) is 34.4 Å². The summed E-state index contributed by atoms with van der Waals surface area (Å²) in [5.41, 5.74) is 4.78. The van der Waals surface area contributed by atoms with Crippen LogP contribution in [0.25, 0.3) is 0 Å². The zero-order valence-electron chi connectivity index (χ0n) is 15.0. The summed E-state index contributed by atoms with van der Waals surface area (Å²) in [6.45, 7) is 12.7. The number of rotatable bonds is 3. The molecule has 1 aliphatic rings. The fraction of sp³-hybridized carbons (Fsp3) is 0.579. The van der Waals surface area contributed by atoms with E-state index in [2.05, 4.69) is 32.9 Å². The van der Waals surface area contributed by atoms with Gasteiger partial charge in [0, 0.05) is 32.1 Å². The highest BCUT2D eigenvalue weighted by Gasteiger charge is 2.25. The van der Waals surface area contributed by atoms with Crippen LogP contribution in [-0.2, 0) is 16.0 Å². The summed E-state index contributed by atoms with van der Waals surface area (Å²) in [6.07, 6.45) is 0.449. The van der Waals surface area contributed by atoms with Crippen molar-refractivity contribution in [3.8, 4) is 0 Å². The van der Waals surface area contributed by atoms with E-state index in [1.165, 1.54) is 16.7 Å². The van der Waals surface area contributed by atoms with Gasteiger partial charge >= 0.3 is 0 Å². The normalized spacial score (nSPS) is 15.2. The van der Waals surface area contributed by atoms with E-state index >= 15 is 0 Å². The Labute approximate surface area is 139 Å². The first-order valence-electron chi connectivity index (χ1n) is 8.43. The van der Waals surface area contributed by atoms with Crippen LogP contribution >= 0.6 is 0 Å².